The van der Waals surface area contributed by atoms with Crippen LogP contribution in [0.4, 0.5) is 0 Å². The van der Waals surface area contributed by atoms with Crippen LogP contribution in [0.5, 0.6) is 0 Å². The third-order valence-electron chi connectivity index (χ3n) is 4.44. The molecule has 2 bridgehead atoms. The van der Waals surface area contributed by atoms with Gasteiger partial charge in [-0.05, 0) is 44.1 Å². The van der Waals surface area contributed by atoms with Crippen LogP contribution < -0.4 is 5.32 Å². The normalized spacial score (nSPS) is 38.8. The molecule has 2 aliphatic rings. The van der Waals surface area contributed by atoms with E-state index in [0.29, 0.717) is 5.41 Å². The number of nitrogens with one attached hydrogen (secondary N) is 1. The number of fused-ring (bicyclic) bond motifs is 2. The second kappa shape index (κ2) is 4.84. The molecule has 0 amide bonds. The van der Waals surface area contributed by atoms with Gasteiger partial charge >= 0.3 is 0 Å². The lowest BCUT2D eigenvalue weighted by molar-refractivity contribution is 0.0348. The van der Waals surface area contributed by atoms with Crippen LogP contribution in [0.15, 0.2) is 0 Å². The van der Waals surface area contributed by atoms with E-state index in [0.717, 1.165) is 25.0 Å². The molecule has 2 rings (SSSR count). The molecular weight excluding hydrogens is 186 g/mol. The van der Waals surface area contributed by atoms with Gasteiger partial charge in [-0.25, -0.2) is 0 Å². The molecule has 3 atom stereocenters. The molecule has 2 fully saturated rings. The van der Waals surface area contributed by atoms with Crippen molar-refractivity contribution in [1.82, 2.24) is 5.32 Å². The summed E-state index contributed by atoms with van der Waals surface area (Å²) in [7, 11) is 1.85. The van der Waals surface area contributed by atoms with Crippen LogP contribution in [0.3, 0.4) is 0 Å². The van der Waals surface area contributed by atoms with Gasteiger partial charge in [-0.1, -0.05) is 13.3 Å². The first-order valence-corrected chi connectivity index (χ1v) is 6.50. The second-order valence-corrected chi connectivity index (χ2v) is 5.55. The van der Waals surface area contributed by atoms with E-state index in [1.54, 1.807) is 0 Å². The highest BCUT2D eigenvalue weighted by Crippen LogP contribution is 2.55. The summed E-state index contributed by atoms with van der Waals surface area (Å²) in [6.45, 7) is 5.53. The Kier molecular flexibility index (Phi) is 3.68. The first kappa shape index (κ1) is 11.4. The molecule has 0 aliphatic heterocycles. The molecule has 0 spiro atoms. The van der Waals surface area contributed by atoms with Gasteiger partial charge in [-0.2, -0.15) is 0 Å². The fourth-order valence-corrected chi connectivity index (χ4v) is 3.80. The van der Waals surface area contributed by atoms with Crippen molar-refractivity contribution in [2.24, 2.45) is 17.3 Å². The zero-order valence-corrected chi connectivity index (χ0v) is 10.2. The van der Waals surface area contributed by atoms with Gasteiger partial charge in [0.2, 0.25) is 0 Å². The number of hydrogen-bond acceptors (Lipinski definition) is 2. The lowest BCUT2D eigenvalue weighted by atomic mass is 9.73. The van der Waals surface area contributed by atoms with E-state index in [1.807, 2.05) is 7.11 Å². The summed E-state index contributed by atoms with van der Waals surface area (Å²) < 4.78 is 5.47. The summed E-state index contributed by atoms with van der Waals surface area (Å²) in [6, 6.07) is 0. The van der Waals surface area contributed by atoms with Crippen molar-refractivity contribution in [1.29, 1.82) is 0 Å². The number of ether oxygens (including phenoxy) is 1. The molecule has 2 saturated carbocycles. The van der Waals surface area contributed by atoms with Crippen LogP contribution >= 0.6 is 0 Å². The van der Waals surface area contributed by atoms with Crippen molar-refractivity contribution in [2.45, 2.75) is 39.0 Å². The quantitative estimate of drug-likeness (QED) is 0.681. The SMILES string of the molecule is CCCNCC1(COC)CC2CCC1C2. The van der Waals surface area contributed by atoms with E-state index in [-0.39, 0.29) is 0 Å². The molecule has 0 radical (unpaired) electrons. The van der Waals surface area contributed by atoms with E-state index in [4.69, 9.17) is 4.74 Å². The van der Waals surface area contributed by atoms with Crippen LogP contribution in [0.1, 0.15) is 39.0 Å². The first-order valence-electron chi connectivity index (χ1n) is 6.50. The van der Waals surface area contributed by atoms with E-state index in [2.05, 4.69) is 12.2 Å². The minimum absolute atomic E-state index is 0.479. The van der Waals surface area contributed by atoms with Gasteiger partial charge in [0.1, 0.15) is 0 Å². The van der Waals surface area contributed by atoms with E-state index >= 15 is 0 Å². The average molecular weight is 211 g/mol. The Morgan fingerprint density at radius 1 is 1.40 bits per heavy atom. The molecule has 0 aromatic rings. The van der Waals surface area contributed by atoms with Gasteiger partial charge in [0, 0.05) is 19.1 Å². The molecule has 0 aromatic heterocycles. The predicted octanol–water partition coefficient (Wildman–Crippen LogP) is 2.44. The summed E-state index contributed by atoms with van der Waals surface area (Å²) in [6.07, 6.45) is 7.03. The summed E-state index contributed by atoms with van der Waals surface area (Å²) in [4.78, 5) is 0. The third kappa shape index (κ3) is 2.21. The molecule has 3 unspecified atom stereocenters. The zero-order valence-electron chi connectivity index (χ0n) is 10.2. The van der Waals surface area contributed by atoms with Gasteiger partial charge in [-0.15, -0.1) is 0 Å². The van der Waals surface area contributed by atoms with Crippen LogP contribution in [0.25, 0.3) is 0 Å². The van der Waals surface area contributed by atoms with E-state index in [1.165, 1.54) is 38.6 Å². The van der Waals surface area contributed by atoms with Gasteiger partial charge in [0.15, 0.2) is 0 Å². The predicted molar refractivity (Wildman–Crippen MR) is 62.9 cm³/mol. The Bertz CT molecular complexity index is 207. The maximum atomic E-state index is 5.47. The van der Waals surface area contributed by atoms with Gasteiger partial charge in [-0.3, -0.25) is 0 Å². The Morgan fingerprint density at radius 3 is 2.80 bits per heavy atom. The number of hydrogen-bond donors (Lipinski definition) is 1. The fourth-order valence-electron chi connectivity index (χ4n) is 3.80. The molecule has 2 heteroatoms. The molecular formula is C13H25NO. The molecule has 15 heavy (non-hydrogen) atoms. The first-order chi connectivity index (χ1) is 7.30. The highest BCUT2D eigenvalue weighted by Gasteiger charge is 2.50. The minimum Gasteiger partial charge on any atom is -0.384 e. The maximum absolute atomic E-state index is 5.47. The Balaban J connectivity index is 1.92. The van der Waals surface area contributed by atoms with Crippen LogP contribution in [0, 0.1) is 17.3 Å². The van der Waals surface area contributed by atoms with Crippen molar-refractivity contribution >= 4 is 0 Å². The van der Waals surface area contributed by atoms with Gasteiger partial charge in [0.05, 0.1) is 6.61 Å². The molecule has 0 saturated heterocycles. The maximum Gasteiger partial charge on any atom is 0.0533 e. The Labute approximate surface area is 93.8 Å². The summed E-state index contributed by atoms with van der Waals surface area (Å²) in [5.74, 6) is 1.94. The smallest absolute Gasteiger partial charge is 0.0533 e. The van der Waals surface area contributed by atoms with Crippen molar-refractivity contribution < 1.29 is 4.74 Å². The lowest BCUT2D eigenvalue weighted by Crippen LogP contribution is -2.42. The standard InChI is InChI=1S/C13H25NO/c1-3-6-14-9-13(10-15-2)8-11-4-5-12(13)7-11/h11-12,14H,3-10H2,1-2H3. The summed E-state index contributed by atoms with van der Waals surface area (Å²) in [5, 5.41) is 3.61. The van der Waals surface area contributed by atoms with Crippen LogP contribution in [0.2, 0.25) is 0 Å². The Morgan fingerprint density at radius 2 is 2.27 bits per heavy atom. The summed E-state index contributed by atoms with van der Waals surface area (Å²) >= 11 is 0. The van der Waals surface area contributed by atoms with Gasteiger partial charge in [0.25, 0.3) is 0 Å². The molecule has 1 N–H and O–H groups in total. The zero-order chi connectivity index (χ0) is 10.7. The van der Waals surface area contributed by atoms with Gasteiger partial charge < -0.3 is 10.1 Å². The van der Waals surface area contributed by atoms with Crippen molar-refractivity contribution in [3.63, 3.8) is 0 Å². The van der Waals surface area contributed by atoms with E-state index < -0.39 is 0 Å². The largest absolute Gasteiger partial charge is 0.384 e. The van der Waals surface area contributed by atoms with Crippen molar-refractivity contribution in [3.05, 3.63) is 0 Å². The summed E-state index contributed by atoms with van der Waals surface area (Å²) in [5.41, 5.74) is 0.479. The third-order valence-corrected chi connectivity index (χ3v) is 4.44. The average Bonchev–Trinajstić information content (AvgIpc) is 2.79. The Hall–Kier alpha value is -0.0800. The van der Waals surface area contributed by atoms with Crippen molar-refractivity contribution in [3.8, 4) is 0 Å². The number of rotatable bonds is 6. The van der Waals surface area contributed by atoms with E-state index in [9.17, 15) is 0 Å². The molecule has 88 valence electrons. The molecule has 0 aromatic carbocycles. The lowest BCUT2D eigenvalue weighted by Gasteiger charge is -2.37. The van der Waals surface area contributed by atoms with Crippen LogP contribution in [-0.2, 0) is 4.74 Å². The number of methoxy groups -OCH3 is 1. The minimum atomic E-state index is 0.479. The molecule has 0 heterocycles. The van der Waals surface area contributed by atoms with Crippen LogP contribution in [-0.4, -0.2) is 26.8 Å². The highest BCUT2D eigenvalue weighted by atomic mass is 16.5. The highest BCUT2D eigenvalue weighted by molar-refractivity contribution is 5.01. The fraction of sp³-hybridized carbons (Fsp3) is 1.00. The second-order valence-electron chi connectivity index (χ2n) is 5.55. The monoisotopic (exact) mass is 211 g/mol. The topological polar surface area (TPSA) is 21.3 Å². The molecule has 2 aliphatic carbocycles. The molecule has 2 nitrogen and oxygen atoms in total. The van der Waals surface area contributed by atoms with Crippen molar-refractivity contribution in [2.75, 3.05) is 26.8 Å².